The van der Waals surface area contributed by atoms with Crippen LogP contribution in [-0.4, -0.2) is 36.7 Å². The van der Waals surface area contributed by atoms with Crippen LogP contribution in [0.1, 0.15) is 43.4 Å². The van der Waals surface area contributed by atoms with Gasteiger partial charge in [0.15, 0.2) is 0 Å². The monoisotopic (exact) mass is 412 g/mol. The molecule has 2 aromatic rings. The Balaban J connectivity index is 1.58. The SMILES string of the molecule is CO[C@H]1CNC(C(=O)Nc2cc(C(N)(CCC3CC3)c3ccccn3)ccc2F)C1. The minimum absolute atomic E-state index is 0.0137. The Morgan fingerprint density at radius 2 is 2.20 bits per heavy atom. The molecule has 1 aliphatic carbocycles. The minimum atomic E-state index is -0.843. The number of nitrogens with one attached hydrogen (secondary N) is 2. The van der Waals surface area contributed by atoms with Crippen LogP contribution in [0.25, 0.3) is 0 Å². The number of benzene rings is 1. The number of anilines is 1. The van der Waals surface area contributed by atoms with Crippen molar-refractivity contribution in [3.05, 3.63) is 59.7 Å². The average Bonchev–Trinajstić information content (AvgIpc) is 3.48. The van der Waals surface area contributed by atoms with Gasteiger partial charge in [-0.25, -0.2) is 4.39 Å². The standard InChI is InChI=1S/C23H29FN4O2/c1-30-17-13-20(27-14-17)22(29)28-19-12-16(7-8-18(19)24)23(25,10-9-15-5-6-15)21-4-2-3-11-26-21/h2-4,7-8,11-12,15,17,20,27H,5-6,9-10,13-14,25H2,1H3,(H,28,29)/t17-,20?,23?/m1/s1. The van der Waals surface area contributed by atoms with Crippen molar-refractivity contribution in [3.8, 4) is 0 Å². The number of aromatic nitrogens is 1. The highest BCUT2D eigenvalue weighted by atomic mass is 19.1. The third-order valence-electron chi connectivity index (χ3n) is 6.25. The van der Waals surface area contributed by atoms with Crippen molar-refractivity contribution < 1.29 is 13.9 Å². The summed E-state index contributed by atoms with van der Waals surface area (Å²) in [6, 6.07) is 9.97. The Hall–Kier alpha value is -2.35. The molecule has 2 unspecified atom stereocenters. The van der Waals surface area contributed by atoms with E-state index in [4.69, 9.17) is 10.5 Å². The van der Waals surface area contributed by atoms with Gasteiger partial charge < -0.3 is 21.1 Å². The van der Waals surface area contributed by atoms with Crippen molar-refractivity contribution in [3.63, 3.8) is 0 Å². The zero-order valence-electron chi connectivity index (χ0n) is 17.2. The molecular weight excluding hydrogens is 383 g/mol. The fourth-order valence-corrected chi connectivity index (χ4v) is 4.09. The molecule has 0 radical (unpaired) electrons. The van der Waals surface area contributed by atoms with Crippen molar-refractivity contribution >= 4 is 11.6 Å². The van der Waals surface area contributed by atoms with Crippen molar-refractivity contribution in [1.82, 2.24) is 10.3 Å². The van der Waals surface area contributed by atoms with E-state index in [1.165, 1.54) is 18.9 Å². The summed E-state index contributed by atoms with van der Waals surface area (Å²) in [4.78, 5) is 17.1. The van der Waals surface area contributed by atoms with Gasteiger partial charge in [0.05, 0.1) is 29.1 Å². The molecule has 0 spiro atoms. The lowest BCUT2D eigenvalue weighted by Crippen LogP contribution is -2.39. The van der Waals surface area contributed by atoms with E-state index in [1.807, 2.05) is 18.2 Å². The summed E-state index contributed by atoms with van der Waals surface area (Å²) in [5.41, 5.74) is 7.68. The molecule has 1 amide bonds. The molecular formula is C23H29FN4O2. The second kappa shape index (κ2) is 8.79. The zero-order chi connectivity index (χ0) is 21.1. The van der Waals surface area contributed by atoms with E-state index >= 15 is 0 Å². The first-order valence-corrected chi connectivity index (χ1v) is 10.6. The maximum atomic E-state index is 14.6. The van der Waals surface area contributed by atoms with Crippen LogP contribution in [0.5, 0.6) is 0 Å². The van der Waals surface area contributed by atoms with E-state index in [-0.39, 0.29) is 17.7 Å². The van der Waals surface area contributed by atoms with E-state index in [2.05, 4.69) is 15.6 Å². The summed E-state index contributed by atoms with van der Waals surface area (Å²) < 4.78 is 19.8. The zero-order valence-corrected chi connectivity index (χ0v) is 17.2. The Kier molecular flexibility index (Phi) is 6.13. The Labute approximate surface area is 176 Å². The molecule has 3 atom stereocenters. The molecule has 2 fully saturated rings. The molecule has 4 rings (SSSR count). The van der Waals surface area contributed by atoms with Crippen LogP contribution in [0.15, 0.2) is 42.6 Å². The minimum Gasteiger partial charge on any atom is -0.380 e. The summed E-state index contributed by atoms with van der Waals surface area (Å²) in [7, 11) is 1.62. The number of carbonyl (C=O) groups excluding carboxylic acids is 1. The summed E-state index contributed by atoms with van der Waals surface area (Å²) in [5.74, 6) is -0.0542. The fourth-order valence-electron chi connectivity index (χ4n) is 4.09. The van der Waals surface area contributed by atoms with Gasteiger partial charge in [-0.05, 0) is 55.0 Å². The highest BCUT2D eigenvalue weighted by Gasteiger charge is 2.35. The van der Waals surface area contributed by atoms with Crippen LogP contribution in [0.2, 0.25) is 0 Å². The molecule has 2 aliphatic rings. The van der Waals surface area contributed by atoms with Gasteiger partial charge >= 0.3 is 0 Å². The lowest BCUT2D eigenvalue weighted by Gasteiger charge is -2.30. The van der Waals surface area contributed by atoms with Crippen LogP contribution in [0.3, 0.4) is 0 Å². The lowest BCUT2D eigenvalue weighted by molar-refractivity contribution is -0.118. The number of halogens is 1. The predicted octanol–water partition coefficient (Wildman–Crippen LogP) is 2.93. The van der Waals surface area contributed by atoms with Crippen LogP contribution in [0, 0.1) is 11.7 Å². The van der Waals surface area contributed by atoms with Gasteiger partial charge in [0, 0.05) is 19.9 Å². The Morgan fingerprint density at radius 3 is 2.87 bits per heavy atom. The molecule has 1 saturated carbocycles. The number of hydrogen-bond acceptors (Lipinski definition) is 5. The molecule has 6 nitrogen and oxygen atoms in total. The molecule has 4 N–H and O–H groups in total. The third kappa shape index (κ3) is 4.53. The number of methoxy groups -OCH3 is 1. The van der Waals surface area contributed by atoms with E-state index in [1.54, 1.807) is 25.4 Å². The third-order valence-corrected chi connectivity index (χ3v) is 6.25. The van der Waals surface area contributed by atoms with E-state index in [0.29, 0.717) is 25.3 Å². The number of ether oxygens (including phenoxy) is 1. The first kappa shape index (κ1) is 20.9. The van der Waals surface area contributed by atoms with Crippen molar-refractivity contribution in [2.24, 2.45) is 11.7 Å². The fraction of sp³-hybridized carbons (Fsp3) is 0.478. The van der Waals surface area contributed by atoms with Crippen molar-refractivity contribution in [1.29, 1.82) is 0 Å². The number of nitrogens with two attached hydrogens (primary N) is 1. The molecule has 1 aromatic heterocycles. The topological polar surface area (TPSA) is 89.3 Å². The molecule has 7 heteroatoms. The van der Waals surface area contributed by atoms with E-state index in [0.717, 1.165) is 17.7 Å². The summed E-state index contributed by atoms with van der Waals surface area (Å²) in [5, 5.41) is 5.84. The number of pyridine rings is 1. The first-order chi connectivity index (χ1) is 14.5. The molecule has 160 valence electrons. The maximum absolute atomic E-state index is 14.6. The Bertz CT molecular complexity index is 890. The average molecular weight is 413 g/mol. The summed E-state index contributed by atoms with van der Waals surface area (Å²) >= 11 is 0. The van der Waals surface area contributed by atoms with Gasteiger partial charge in [0.1, 0.15) is 5.82 Å². The smallest absolute Gasteiger partial charge is 0.241 e. The van der Waals surface area contributed by atoms with Gasteiger partial charge in [-0.3, -0.25) is 9.78 Å². The van der Waals surface area contributed by atoms with Gasteiger partial charge in [0.25, 0.3) is 0 Å². The number of rotatable bonds is 8. The van der Waals surface area contributed by atoms with E-state index in [9.17, 15) is 9.18 Å². The predicted molar refractivity (Wildman–Crippen MR) is 113 cm³/mol. The molecule has 1 aliphatic heterocycles. The molecule has 30 heavy (non-hydrogen) atoms. The van der Waals surface area contributed by atoms with Crippen LogP contribution < -0.4 is 16.4 Å². The van der Waals surface area contributed by atoms with Gasteiger partial charge in [-0.1, -0.05) is 25.0 Å². The van der Waals surface area contributed by atoms with Gasteiger partial charge in [0.2, 0.25) is 5.91 Å². The number of hydrogen-bond donors (Lipinski definition) is 3. The van der Waals surface area contributed by atoms with Crippen molar-refractivity contribution in [2.45, 2.75) is 49.8 Å². The molecule has 1 saturated heterocycles. The second-order valence-corrected chi connectivity index (χ2v) is 8.41. The normalized spacial score (nSPS) is 23.2. The molecule has 1 aromatic carbocycles. The van der Waals surface area contributed by atoms with Crippen LogP contribution in [-0.2, 0) is 15.1 Å². The Morgan fingerprint density at radius 1 is 1.37 bits per heavy atom. The maximum Gasteiger partial charge on any atom is 0.241 e. The highest BCUT2D eigenvalue weighted by Crippen LogP contribution is 2.40. The number of amides is 1. The lowest BCUT2D eigenvalue weighted by atomic mass is 9.82. The summed E-state index contributed by atoms with van der Waals surface area (Å²) in [6.45, 7) is 0.601. The highest BCUT2D eigenvalue weighted by molar-refractivity contribution is 5.95. The number of carbonyl (C=O) groups is 1. The van der Waals surface area contributed by atoms with Gasteiger partial charge in [-0.2, -0.15) is 0 Å². The van der Waals surface area contributed by atoms with Crippen LogP contribution in [0.4, 0.5) is 10.1 Å². The van der Waals surface area contributed by atoms with Crippen molar-refractivity contribution in [2.75, 3.05) is 19.0 Å². The van der Waals surface area contributed by atoms with Gasteiger partial charge in [-0.15, -0.1) is 0 Å². The quantitative estimate of drug-likeness (QED) is 0.620. The first-order valence-electron chi connectivity index (χ1n) is 10.6. The summed E-state index contributed by atoms with van der Waals surface area (Å²) in [6.07, 6.45) is 6.45. The number of nitrogens with zero attached hydrogens (tertiary/aromatic N) is 1. The molecule has 2 heterocycles. The molecule has 0 bridgehead atoms. The largest absolute Gasteiger partial charge is 0.380 e. The van der Waals surface area contributed by atoms with Crippen LogP contribution >= 0.6 is 0 Å². The second-order valence-electron chi connectivity index (χ2n) is 8.41. The van der Waals surface area contributed by atoms with E-state index < -0.39 is 17.4 Å².